The molecule has 0 amide bonds. The minimum atomic E-state index is 0.317. The van der Waals surface area contributed by atoms with Crippen molar-refractivity contribution < 1.29 is 4.74 Å². The molecule has 0 radical (unpaired) electrons. The van der Waals surface area contributed by atoms with Crippen LogP contribution in [-0.2, 0) is 4.74 Å². The molecule has 0 saturated heterocycles. The normalized spacial score (nSPS) is 10.4. The van der Waals surface area contributed by atoms with Crippen molar-refractivity contribution in [3.8, 4) is 0 Å². The molecule has 1 N–H and O–H groups in total. The molecule has 0 aliphatic carbocycles. The number of anilines is 1. The first-order valence-corrected chi connectivity index (χ1v) is 4.69. The van der Waals surface area contributed by atoms with Crippen LogP contribution in [0.4, 0.5) is 5.69 Å². The molecule has 1 rings (SSSR count). The van der Waals surface area contributed by atoms with Crippen molar-refractivity contribution in [3.63, 3.8) is 0 Å². The average molecular weight is 179 g/mol. The van der Waals surface area contributed by atoms with Gasteiger partial charge in [-0.05, 0) is 26.0 Å². The molecule has 0 bridgehead atoms. The van der Waals surface area contributed by atoms with Crippen LogP contribution in [0.15, 0.2) is 30.3 Å². The van der Waals surface area contributed by atoms with E-state index in [0.29, 0.717) is 6.10 Å². The number of nitrogens with one attached hydrogen (secondary N) is 1. The molecule has 2 nitrogen and oxygen atoms in total. The lowest BCUT2D eigenvalue weighted by atomic mass is 10.3. The summed E-state index contributed by atoms with van der Waals surface area (Å²) in [5, 5.41) is 3.28. The third kappa shape index (κ3) is 4.53. The van der Waals surface area contributed by atoms with Crippen LogP contribution in [0.1, 0.15) is 13.8 Å². The molecule has 0 saturated carbocycles. The van der Waals surface area contributed by atoms with Gasteiger partial charge in [-0.1, -0.05) is 18.2 Å². The van der Waals surface area contributed by atoms with E-state index >= 15 is 0 Å². The quantitative estimate of drug-likeness (QED) is 0.701. The van der Waals surface area contributed by atoms with E-state index in [4.69, 9.17) is 4.74 Å². The van der Waals surface area contributed by atoms with Crippen molar-refractivity contribution >= 4 is 5.69 Å². The maximum atomic E-state index is 5.40. The molecule has 0 aliphatic rings. The van der Waals surface area contributed by atoms with Crippen LogP contribution in [0.5, 0.6) is 0 Å². The summed E-state index contributed by atoms with van der Waals surface area (Å²) in [6.07, 6.45) is 0.317. The van der Waals surface area contributed by atoms with Gasteiger partial charge in [0, 0.05) is 12.2 Å². The van der Waals surface area contributed by atoms with E-state index in [1.54, 1.807) is 0 Å². The first-order valence-electron chi connectivity index (χ1n) is 4.69. The van der Waals surface area contributed by atoms with Gasteiger partial charge in [0.1, 0.15) is 0 Å². The molecule has 0 heterocycles. The highest BCUT2D eigenvalue weighted by Crippen LogP contribution is 2.03. The second-order valence-electron chi connectivity index (χ2n) is 3.21. The average Bonchev–Trinajstić information content (AvgIpc) is 2.14. The summed E-state index contributed by atoms with van der Waals surface area (Å²) < 4.78 is 5.40. The van der Waals surface area contributed by atoms with Gasteiger partial charge in [-0.2, -0.15) is 0 Å². The fraction of sp³-hybridized carbons (Fsp3) is 0.455. The van der Waals surface area contributed by atoms with E-state index in [1.807, 2.05) is 32.0 Å². The minimum absolute atomic E-state index is 0.317. The Bertz CT molecular complexity index is 221. The highest BCUT2D eigenvalue weighted by molar-refractivity contribution is 5.42. The van der Waals surface area contributed by atoms with Crippen LogP contribution in [0, 0.1) is 0 Å². The predicted octanol–water partition coefficient (Wildman–Crippen LogP) is 2.52. The van der Waals surface area contributed by atoms with Crippen molar-refractivity contribution in [2.45, 2.75) is 20.0 Å². The Morgan fingerprint density at radius 1 is 1.23 bits per heavy atom. The zero-order chi connectivity index (χ0) is 9.52. The van der Waals surface area contributed by atoms with Gasteiger partial charge in [-0.25, -0.2) is 0 Å². The third-order valence-electron chi connectivity index (χ3n) is 1.66. The summed E-state index contributed by atoms with van der Waals surface area (Å²) in [4.78, 5) is 0. The third-order valence-corrected chi connectivity index (χ3v) is 1.66. The van der Waals surface area contributed by atoms with Gasteiger partial charge in [-0.3, -0.25) is 0 Å². The number of hydrogen-bond donors (Lipinski definition) is 1. The van der Waals surface area contributed by atoms with Crippen molar-refractivity contribution in [2.75, 3.05) is 18.5 Å². The maximum absolute atomic E-state index is 5.40. The van der Waals surface area contributed by atoms with Gasteiger partial charge in [0.2, 0.25) is 0 Å². The molecule has 0 spiro atoms. The van der Waals surface area contributed by atoms with Crippen LogP contribution < -0.4 is 5.32 Å². The zero-order valence-electron chi connectivity index (χ0n) is 8.29. The Morgan fingerprint density at radius 2 is 1.92 bits per heavy atom. The molecule has 0 atom stereocenters. The first kappa shape index (κ1) is 10.1. The van der Waals surface area contributed by atoms with E-state index in [9.17, 15) is 0 Å². The molecule has 2 heteroatoms. The van der Waals surface area contributed by atoms with E-state index in [2.05, 4.69) is 17.4 Å². The molecular formula is C11H17NO. The second kappa shape index (κ2) is 5.60. The van der Waals surface area contributed by atoms with Crippen molar-refractivity contribution in [1.29, 1.82) is 0 Å². The Morgan fingerprint density at radius 3 is 2.54 bits per heavy atom. The fourth-order valence-electron chi connectivity index (χ4n) is 1.05. The van der Waals surface area contributed by atoms with Gasteiger partial charge in [0.15, 0.2) is 0 Å². The van der Waals surface area contributed by atoms with E-state index < -0.39 is 0 Å². The number of hydrogen-bond acceptors (Lipinski definition) is 2. The Balaban J connectivity index is 2.13. The Labute approximate surface area is 79.9 Å². The van der Waals surface area contributed by atoms with Crippen LogP contribution in [0.3, 0.4) is 0 Å². The maximum Gasteiger partial charge on any atom is 0.0642 e. The summed E-state index contributed by atoms with van der Waals surface area (Å²) in [6.45, 7) is 5.71. The fourth-order valence-corrected chi connectivity index (χ4v) is 1.05. The molecule has 0 fully saturated rings. The molecular weight excluding hydrogens is 162 g/mol. The molecule has 1 aromatic carbocycles. The van der Waals surface area contributed by atoms with Gasteiger partial charge in [0.05, 0.1) is 12.7 Å². The SMILES string of the molecule is CC(C)OCCNc1ccccc1. The second-order valence-corrected chi connectivity index (χ2v) is 3.21. The number of benzene rings is 1. The highest BCUT2D eigenvalue weighted by Gasteiger charge is 1.92. The van der Waals surface area contributed by atoms with Crippen LogP contribution >= 0.6 is 0 Å². The number of ether oxygens (including phenoxy) is 1. The molecule has 13 heavy (non-hydrogen) atoms. The van der Waals surface area contributed by atoms with Crippen LogP contribution in [-0.4, -0.2) is 19.3 Å². The molecule has 72 valence electrons. The molecule has 0 aliphatic heterocycles. The zero-order valence-corrected chi connectivity index (χ0v) is 8.29. The van der Waals surface area contributed by atoms with Gasteiger partial charge in [-0.15, -0.1) is 0 Å². The largest absolute Gasteiger partial charge is 0.383 e. The standard InChI is InChI=1S/C11H17NO/c1-10(2)13-9-8-12-11-6-4-3-5-7-11/h3-7,10,12H,8-9H2,1-2H3. The summed E-state index contributed by atoms with van der Waals surface area (Å²) in [5.74, 6) is 0. The van der Waals surface area contributed by atoms with E-state index in [-0.39, 0.29) is 0 Å². The smallest absolute Gasteiger partial charge is 0.0642 e. The van der Waals surface area contributed by atoms with Gasteiger partial charge < -0.3 is 10.1 Å². The lowest BCUT2D eigenvalue weighted by Gasteiger charge is -2.09. The van der Waals surface area contributed by atoms with E-state index in [0.717, 1.165) is 18.8 Å². The lowest BCUT2D eigenvalue weighted by molar-refractivity contribution is 0.0870. The van der Waals surface area contributed by atoms with Gasteiger partial charge >= 0.3 is 0 Å². The Kier molecular flexibility index (Phi) is 4.33. The topological polar surface area (TPSA) is 21.3 Å². The summed E-state index contributed by atoms with van der Waals surface area (Å²) in [7, 11) is 0. The number of para-hydroxylation sites is 1. The monoisotopic (exact) mass is 179 g/mol. The van der Waals surface area contributed by atoms with Crippen LogP contribution in [0.2, 0.25) is 0 Å². The summed E-state index contributed by atoms with van der Waals surface area (Å²) in [6, 6.07) is 10.2. The minimum Gasteiger partial charge on any atom is -0.383 e. The van der Waals surface area contributed by atoms with Gasteiger partial charge in [0.25, 0.3) is 0 Å². The Hall–Kier alpha value is -1.02. The lowest BCUT2D eigenvalue weighted by Crippen LogP contribution is -2.12. The van der Waals surface area contributed by atoms with Crippen LogP contribution in [0.25, 0.3) is 0 Å². The van der Waals surface area contributed by atoms with E-state index in [1.165, 1.54) is 0 Å². The predicted molar refractivity (Wildman–Crippen MR) is 56.0 cm³/mol. The van der Waals surface area contributed by atoms with Crippen molar-refractivity contribution in [2.24, 2.45) is 0 Å². The summed E-state index contributed by atoms with van der Waals surface area (Å²) in [5.41, 5.74) is 1.15. The van der Waals surface area contributed by atoms with Crippen molar-refractivity contribution in [3.05, 3.63) is 30.3 Å². The highest BCUT2D eigenvalue weighted by atomic mass is 16.5. The summed E-state index contributed by atoms with van der Waals surface area (Å²) >= 11 is 0. The number of rotatable bonds is 5. The molecule has 1 aromatic rings. The first-order chi connectivity index (χ1) is 6.29. The van der Waals surface area contributed by atoms with Crippen molar-refractivity contribution in [1.82, 2.24) is 0 Å². The molecule has 0 unspecified atom stereocenters. The molecule has 0 aromatic heterocycles.